The van der Waals surface area contributed by atoms with Crippen LogP contribution in [0.15, 0.2) is 23.6 Å². The summed E-state index contributed by atoms with van der Waals surface area (Å²) in [7, 11) is 3.96. The summed E-state index contributed by atoms with van der Waals surface area (Å²) in [5.41, 5.74) is 0. The molecule has 2 aromatic heterocycles. The molecule has 0 saturated heterocycles. The minimum absolute atomic E-state index is 0.401. The first-order chi connectivity index (χ1) is 9.10. The van der Waals surface area contributed by atoms with Gasteiger partial charge in [0.25, 0.3) is 0 Å². The van der Waals surface area contributed by atoms with Crippen molar-refractivity contribution in [3.63, 3.8) is 0 Å². The normalized spacial score (nSPS) is 12.2. The lowest BCUT2D eigenvalue weighted by atomic mass is 10.2. The van der Waals surface area contributed by atoms with Gasteiger partial charge in [0.2, 0.25) is 0 Å². The minimum atomic E-state index is 0.401. The summed E-state index contributed by atoms with van der Waals surface area (Å²) < 4.78 is 0. The fraction of sp³-hybridized carbons (Fsp3) is 0.429. The average molecular weight is 276 g/mol. The molecule has 5 heteroatoms. The zero-order chi connectivity index (χ0) is 13.8. The first-order valence-electron chi connectivity index (χ1n) is 6.39. The van der Waals surface area contributed by atoms with Crippen LogP contribution in [0.4, 0.5) is 11.6 Å². The Kier molecular flexibility index (Phi) is 4.37. The zero-order valence-corrected chi connectivity index (χ0v) is 12.7. The first kappa shape index (κ1) is 13.8. The highest BCUT2D eigenvalue weighted by molar-refractivity contribution is 7.09. The number of likely N-dealkylation sites (N-methyl/N-ethyl adjacent to an activating group) is 1. The summed E-state index contributed by atoms with van der Waals surface area (Å²) in [5, 5.41) is 5.19. The smallest absolute Gasteiger partial charge is 0.134 e. The third-order valence-corrected chi connectivity index (χ3v) is 4.08. The van der Waals surface area contributed by atoms with Crippen molar-refractivity contribution in [1.29, 1.82) is 0 Å². The Labute approximate surface area is 118 Å². The van der Waals surface area contributed by atoms with E-state index >= 15 is 0 Å². The number of aromatic nitrogens is 2. The summed E-state index contributed by atoms with van der Waals surface area (Å²) in [6, 6.07) is 6.66. The maximum Gasteiger partial charge on any atom is 0.134 e. The molecule has 0 aliphatic carbocycles. The molecule has 4 nitrogen and oxygen atoms in total. The summed E-state index contributed by atoms with van der Waals surface area (Å²) in [6.45, 7) is 4.14. The Morgan fingerprint density at radius 3 is 2.84 bits per heavy atom. The summed E-state index contributed by atoms with van der Waals surface area (Å²) in [6.07, 6.45) is 1.03. The highest BCUT2D eigenvalue weighted by atomic mass is 32.1. The van der Waals surface area contributed by atoms with Crippen LogP contribution in [0.25, 0.3) is 0 Å². The van der Waals surface area contributed by atoms with Gasteiger partial charge in [0.05, 0.1) is 0 Å². The van der Waals surface area contributed by atoms with Crippen LogP contribution in [0.5, 0.6) is 0 Å². The van der Waals surface area contributed by atoms with Crippen molar-refractivity contribution in [1.82, 2.24) is 9.97 Å². The number of anilines is 2. The Bertz CT molecular complexity index is 524. The van der Waals surface area contributed by atoms with E-state index in [2.05, 4.69) is 51.7 Å². The lowest BCUT2D eigenvalue weighted by Gasteiger charge is -2.26. The molecule has 0 radical (unpaired) electrons. The van der Waals surface area contributed by atoms with Crippen LogP contribution in [0, 0.1) is 6.92 Å². The molecule has 0 amide bonds. The van der Waals surface area contributed by atoms with Crippen LogP contribution in [0.1, 0.15) is 17.6 Å². The van der Waals surface area contributed by atoms with E-state index in [-0.39, 0.29) is 0 Å². The molecule has 1 atom stereocenters. The first-order valence-corrected chi connectivity index (χ1v) is 7.26. The standard InChI is InChI=1S/C14H20N4S/c1-10(8-12-6-5-7-19-12)18(4)14-9-13(15-3)16-11(2)17-14/h5-7,9-10H,8H2,1-4H3,(H,15,16,17). The largest absolute Gasteiger partial charge is 0.373 e. The van der Waals surface area contributed by atoms with Crippen molar-refractivity contribution in [2.45, 2.75) is 26.3 Å². The molecule has 0 aliphatic rings. The molecule has 0 saturated carbocycles. The molecule has 1 N–H and O–H groups in total. The maximum atomic E-state index is 4.51. The van der Waals surface area contributed by atoms with Crippen molar-refractivity contribution in [2.75, 3.05) is 24.3 Å². The summed E-state index contributed by atoms with van der Waals surface area (Å²) in [5.74, 6) is 2.61. The molecule has 2 rings (SSSR count). The van der Waals surface area contributed by atoms with Crippen LogP contribution >= 0.6 is 11.3 Å². The number of aryl methyl sites for hydroxylation is 1. The van der Waals surface area contributed by atoms with Crippen LogP contribution in [-0.4, -0.2) is 30.1 Å². The predicted molar refractivity (Wildman–Crippen MR) is 82.2 cm³/mol. The van der Waals surface area contributed by atoms with E-state index in [9.17, 15) is 0 Å². The van der Waals surface area contributed by atoms with Crippen molar-refractivity contribution in [3.8, 4) is 0 Å². The molecule has 19 heavy (non-hydrogen) atoms. The maximum absolute atomic E-state index is 4.51. The molecule has 2 heterocycles. The lowest BCUT2D eigenvalue weighted by molar-refractivity contribution is 0.678. The number of nitrogens with zero attached hydrogens (tertiary/aromatic N) is 3. The third kappa shape index (κ3) is 3.44. The molecule has 0 aliphatic heterocycles. The molecular formula is C14H20N4S. The fourth-order valence-corrected chi connectivity index (χ4v) is 2.77. The predicted octanol–water partition coefficient (Wildman–Crippen LogP) is 2.96. The van der Waals surface area contributed by atoms with E-state index in [1.54, 1.807) is 11.3 Å². The van der Waals surface area contributed by atoms with E-state index < -0.39 is 0 Å². The topological polar surface area (TPSA) is 41.0 Å². The average Bonchev–Trinajstić information content (AvgIpc) is 2.89. The second-order valence-corrected chi connectivity index (χ2v) is 5.68. The number of thiophene rings is 1. The number of nitrogens with one attached hydrogen (secondary N) is 1. The second-order valence-electron chi connectivity index (χ2n) is 4.65. The molecular weight excluding hydrogens is 256 g/mol. The van der Waals surface area contributed by atoms with Gasteiger partial charge in [-0.2, -0.15) is 0 Å². The molecule has 0 bridgehead atoms. The van der Waals surface area contributed by atoms with Crippen molar-refractivity contribution in [2.24, 2.45) is 0 Å². The highest BCUT2D eigenvalue weighted by Crippen LogP contribution is 2.19. The molecule has 2 aromatic rings. The fourth-order valence-electron chi connectivity index (χ4n) is 1.94. The van der Waals surface area contributed by atoms with Gasteiger partial charge in [-0.15, -0.1) is 11.3 Å². The van der Waals surface area contributed by atoms with Gasteiger partial charge in [-0.1, -0.05) is 6.07 Å². The lowest BCUT2D eigenvalue weighted by Crippen LogP contribution is -2.31. The highest BCUT2D eigenvalue weighted by Gasteiger charge is 2.14. The Balaban J connectivity index is 2.14. The molecule has 0 spiro atoms. The molecule has 0 fully saturated rings. The Hall–Kier alpha value is -1.62. The van der Waals surface area contributed by atoms with Gasteiger partial charge in [0.1, 0.15) is 17.5 Å². The van der Waals surface area contributed by atoms with Crippen LogP contribution in [0.3, 0.4) is 0 Å². The zero-order valence-electron chi connectivity index (χ0n) is 11.8. The van der Waals surface area contributed by atoms with Crippen molar-refractivity contribution in [3.05, 3.63) is 34.3 Å². The van der Waals surface area contributed by atoms with Crippen molar-refractivity contribution < 1.29 is 0 Å². The van der Waals surface area contributed by atoms with E-state index in [4.69, 9.17) is 0 Å². The van der Waals surface area contributed by atoms with Gasteiger partial charge in [-0.05, 0) is 25.3 Å². The minimum Gasteiger partial charge on any atom is -0.373 e. The van der Waals surface area contributed by atoms with E-state index in [1.807, 2.05) is 20.0 Å². The number of rotatable bonds is 5. The Morgan fingerprint density at radius 2 is 2.21 bits per heavy atom. The summed E-state index contributed by atoms with van der Waals surface area (Å²) in [4.78, 5) is 12.4. The Morgan fingerprint density at radius 1 is 1.42 bits per heavy atom. The van der Waals surface area contributed by atoms with Gasteiger partial charge in [-0.25, -0.2) is 9.97 Å². The molecule has 1 unspecified atom stereocenters. The number of hydrogen-bond donors (Lipinski definition) is 1. The van der Waals surface area contributed by atoms with Gasteiger partial charge in [0, 0.05) is 37.5 Å². The molecule has 0 aromatic carbocycles. The van der Waals surface area contributed by atoms with Gasteiger partial charge < -0.3 is 10.2 Å². The quantitative estimate of drug-likeness (QED) is 0.911. The van der Waals surface area contributed by atoms with Crippen LogP contribution in [-0.2, 0) is 6.42 Å². The van der Waals surface area contributed by atoms with E-state index in [0.717, 1.165) is 23.9 Å². The monoisotopic (exact) mass is 276 g/mol. The SMILES string of the molecule is CNc1cc(N(C)C(C)Cc2cccs2)nc(C)n1. The second kappa shape index (κ2) is 6.02. The van der Waals surface area contributed by atoms with Gasteiger partial charge in [-0.3, -0.25) is 0 Å². The summed E-state index contributed by atoms with van der Waals surface area (Å²) >= 11 is 1.80. The van der Waals surface area contributed by atoms with Gasteiger partial charge in [0.15, 0.2) is 0 Å². The van der Waals surface area contributed by atoms with E-state index in [1.165, 1.54) is 4.88 Å². The van der Waals surface area contributed by atoms with E-state index in [0.29, 0.717) is 6.04 Å². The van der Waals surface area contributed by atoms with Crippen LogP contribution < -0.4 is 10.2 Å². The van der Waals surface area contributed by atoms with Crippen molar-refractivity contribution >= 4 is 23.0 Å². The van der Waals surface area contributed by atoms with Gasteiger partial charge >= 0.3 is 0 Å². The number of hydrogen-bond acceptors (Lipinski definition) is 5. The molecule has 102 valence electrons. The third-order valence-electron chi connectivity index (χ3n) is 3.18. The van der Waals surface area contributed by atoms with Crippen LogP contribution in [0.2, 0.25) is 0 Å².